The molecule has 0 aliphatic carbocycles. The van der Waals surface area contributed by atoms with Gasteiger partial charge in [0.15, 0.2) is 11.6 Å². The largest absolute Gasteiger partial charge is 0.322 e. The van der Waals surface area contributed by atoms with Crippen molar-refractivity contribution in [3.05, 3.63) is 81.9 Å². The van der Waals surface area contributed by atoms with E-state index in [0.717, 1.165) is 43.5 Å². The molecule has 1 heterocycles. The van der Waals surface area contributed by atoms with E-state index < -0.39 is 29.2 Å². The fraction of sp³-hybridized carbons (Fsp3) is 0.320. The number of hydrogen-bond donors (Lipinski definition) is 1. The van der Waals surface area contributed by atoms with Crippen molar-refractivity contribution in [3.8, 4) is 5.69 Å². The molecule has 0 bridgehead atoms. The first kappa shape index (κ1) is 26.0. The van der Waals surface area contributed by atoms with Gasteiger partial charge in [0, 0.05) is 36.3 Å². The summed E-state index contributed by atoms with van der Waals surface area (Å²) in [6.45, 7) is 2.67. The molecular weight excluding hydrogens is 486 g/mol. The van der Waals surface area contributed by atoms with Crippen molar-refractivity contribution in [2.45, 2.75) is 45.6 Å². The van der Waals surface area contributed by atoms with E-state index >= 15 is 0 Å². The number of anilines is 1. The number of unbranched alkanes of at least 4 members (excludes halogenated alkanes) is 4. The Bertz CT molecular complexity index is 1110. The summed E-state index contributed by atoms with van der Waals surface area (Å²) in [7, 11) is 0. The lowest BCUT2D eigenvalue weighted by Gasteiger charge is -2.24. The predicted octanol–water partition coefficient (Wildman–Crippen LogP) is 8.21. The summed E-state index contributed by atoms with van der Waals surface area (Å²) in [5.41, 5.74) is 0.845. The molecule has 1 aromatic heterocycles. The van der Waals surface area contributed by atoms with Gasteiger partial charge in [0.2, 0.25) is 0 Å². The number of hydrogen-bond acceptors (Lipinski definition) is 1. The van der Waals surface area contributed by atoms with E-state index in [1.165, 1.54) is 4.90 Å². The van der Waals surface area contributed by atoms with E-state index in [2.05, 4.69) is 12.2 Å². The summed E-state index contributed by atoms with van der Waals surface area (Å²) in [5.74, 6) is -3.40. The van der Waals surface area contributed by atoms with Crippen LogP contribution in [0.15, 0.2) is 48.7 Å². The molecule has 9 heteroatoms. The Morgan fingerprint density at radius 2 is 1.68 bits per heavy atom. The van der Waals surface area contributed by atoms with Gasteiger partial charge < -0.3 is 14.8 Å². The van der Waals surface area contributed by atoms with Crippen LogP contribution in [0.4, 0.5) is 23.7 Å². The lowest BCUT2D eigenvalue weighted by Crippen LogP contribution is -2.36. The third-order valence-corrected chi connectivity index (χ3v) is 6.16. The number of rotatable bonds is 10. The highest BCUT2D eigenvalue weighted by Crippen LogP contribution is 2.26. The summed E-state index contributed by atoms with van der Waals surface area (Å²) < 4.78 is 43.4. The van der Waals surface area contributed by atoms with Crippen LogP contribution in [0.25, 0.3) is 5.69 Å². The molecule has 182 valence electrons. The zero-order valence-corrected chi connectivity index (χ0v) is 20.3. The SMILES string of the molecule is CCCCCCCN(Cc1cccn1-c1ccc(Cl)c(Cl)c1)C(=O)Nc1c(F)cc(F)cc1F. The van der Waals surface area contributed by atoms with Crippen molar-refractivity contribution in [2.75, 3.05) is 11.9 Å². The lowest BCUT2D eigenvalue weighted by atomic mass is 10.1. The second kappa shape index (κ2) is 12.2. The molecule has 0 unspecified atom stereocenters. The first-order chi connectivity index (χ1) is 16.3. The molecule has 2 aromatic carbocycles. The molecule has 0 spiro atoms. The van der Waals surface area contributed by atoms with Crippen molar-refractivity contribution in [1.29, 1.82) is 0 Å². The Hall–Kier alpha value is -2.64. The smallest absolute Gasteiger partial charge is 0.319 e. The summed E-state index contributed by atoms with van der Waals surface area (Å²) in [5, 5.41) is 3.09. The van der Waals surface area contributed by atoms with E-state index in [1.807, 2.05) is 22.9 Å². The monoisotopic (exact) mass is 511 g/mol. The van der Waals surface area contributed by atoms with Crippen LogP contribution in [0.2, 0.25) is 10.0 Å². The van der Waals surface area contributed by atoms with E-state index in [4.69, 9.17) is 23.2 Å². The first-order valence-corrected chi connectivity index (χ1v) is 11.9. The normalized spacial score (nSPS) is 11.0. The standard InChI is InChI=1S/C25H26Cl2F3N3O/c1-2-3-4-5-6-11-32(25(34)31-24-22(29)13-17(28)14-23(24)30)16-19-8-7-12-33(19)18-9-10-20(26)21(27)15-18/h7-10,12-15H,2-6,11,16H2,1H3,(H,31,34). The number of benzene rings is 2. The molecule has 0 radical (unpaired) electrons. The third kappa shape index (κ3) is 6.70. The number of halogens is 5. The van der Waals surface area contributed by atoms with Gasteiger partial charge >= 0.3 is 6.03 Å². The molecule has 0 aliphatic rings. The molecular formula is C25H26Cl2F3N3O. The molecule has 0 saturated heterocycles. The Kier molecular flexibility index (Phi) is 9.30. The third-order valence-electron chi connectivity index (χ3n) is 5.43. The molecule has 1 N–H and O–H groups in total. The minimum Gasteiger partial charge on any atom is -0.319 e. The van der Waals surface area contributed by atoms with Gasteiger partial charge in [-0.15, -0.1) is 0 Å². The zero-order chi connectivity index (χ0) is 24.7. The van der Waals surface area contributed by atoms with Crippen LogP contribution in [0.3, 0.4) is 0 Å². The maximum atomic E-state index is 14.1. The van der Waals surface area contributed by atoms with Gasteiger partial charge in [-0.1, -0.05) is 55.8 Å². The Labute approximate surface area is 207 Å². The van der Waals surface area contributed by atoms with Crippen molar-refractivity contribution >= 4 is 34.9 Å². The summed E-state index contributed by atoms with van der Waals surface area (Å²) in [6, 6.07) is 9.25. The van der Waals surface area contributed by atoms with Crippen LogP contribution in [0, 0.1) is 17.5 Å². The van der Waals surface area contributed by atoms with E-state index in [9.17, 15) is 18.0 Å². The number of nitrogens with one attached hydrogen (secondary N) is 1. The number of urea groups is 1. The average molecular weight is 512 g/mol. The van der Waals surface area contributed by atoms with Crippen molar-refractivity contribution < 1.29 is 18.0 Å². The van der Waals surface area contributed by atoms with Gasteiger partial charge in [0.1, 0.15) is 11.5 Å². The highest BCUT2D eigenvalue weighted by molar-refractivity contribution is 6.42. The van der Waals surface area contributed by atoms with Gasteiger partial charge in [-0.05, 0) is 36.8 Å². The first-order valence-electron chi connectivity index (χ1n) is 11.1. The molecule has 0 aliphatic heterocycles. The van der Waals surface area contributed by atoms with Crippen LogP contribution >= 0.6 is 23.2 Å². The Balaban J connectivity index is 1.82. The fourth-order valence-electron chi connectivity index (χ4n) is 3.63. The molecule has 34 heavy (non-hydrogen) atoms. The second-order valence-corrected chi connectivity index (χ2v) is 8.79. The number of amides is 2. The van der Waals surface area contributed by atoms with Crippen LogP contribution in [-0.2, 0) is 6.54 Å². The molecule has 0 atom stereocenters. The lowest BCUT2D eigenvalue weighted by molar-refractivity contribution is 0.206. The van der Waals surface area contributed by atoms with Crippen molar-refractivity contribution in [1.82, 2.24) is 9.47 Å². The minimum absolute atomic E-state index is 0.178. The minimum atomic E-state index is -1.17. The Morgan fingerprint density at radius 1 is 0.971 bits per heavy atom. The highest BCUT2D eigenvalue weighted by atomic mass is 35.5. The van der Waals surface area contributed by atoms with Gasteiger partial charge in [-0.2, -0.15) is 0 Å². The number of carbonyl (C=O) groups excluding carboxylic acids is 1. The highest BCUT2D eigenvalue weighted by Gasteiger charge is 2.20. The molecule has 3 aromatic rings. The second-order valence-electron chi connectivity index (χ2n) is 7.98. The predicted molar refractivity (Wildman–Crippen MR) is 130 cm³/mol. The van der Waals surface area contributed by atoms with Crippen molar-refractivity contribution in [2.24, 2.45) is 0 Å². The van der Waals surface area contributed by atoms with E-state index in [-0.39, 0.29) is 6.54 Å². The molecule has 0 saturated carbocycles. The van der Waals surface area contributed by atoms with E-state index in [1.54, 1.807) is 18.2 Å². The maximum absolute atomic E-state index is 14.1. The topological polar surface area (TPSA) is 37.3 Å². The van der Waals surface area contributed by atoms with Crippen LogP contribution in [-0.4, -0.2) is 22.0 Å². The molecule has 3 rings (SSSR count). The van der Waals surface area contributed by atoms with Crippen molar-refractivity contribution in [3.63, 3.8) is 0 Å². The van der Waals surface area contributed by atoms with Gasteiger partial charge in [0.25, 0.3) is 0 Å². The summed E-state index contributed by atoms with van der Waals surface area (Å²) in [6.07, 6.45) is 6.70. The van der Waals surface area contributed by atoms with Crippen LogP contribution in [0.5, 0.6) is 0 Å². The fourth-order valence-corrected chi connectivity index (χ4v) is 3.93. The summed E-state index contributed by atoms with van der Waals surface area (Å²) in [4.78, 5) is 14.5. The summed E-state index contributed by atoms with van der Waals surface area (Å²) >= 11 is 12.2. The van der Waals surface area contributed by atoms with Gasteiger partial charge in [0.05, 0.1) is 16.6 Å². The Morgan fingerprint density at radius 3 is 2.35 bits per heavy atom. The average Bonchev–Trinajstić information content (AvgIpc) is 3.25. The van der Waals surface area contributed by atoms with Crippen LogP contribution < -0.4 is 5.32 Å². The van der Waals surface area contributed by atoms with Gasteiger partial charge in [-0.3, -0.25) is 0 Å². The van der Waals surface area contributed by atoms with Gasteiger partial charge in [-0.25, -0.2) is 18.0 Å². The quantitative estimate of drug-likeness (QED) is 0.273. The maximum Gasteiger partial charge on any atom is 0.322 e. The zero-order valence-electron chi connectivity index (χ0n) is 18.8. The number of aromatic nitrogens is 1. The molecule has 4 nitrogen and oxygen atoms in total. The van der Waals surface area contributed by atoms with E-state index in [0.29, 0.717) is 28.7 Å². The molecule has 0 fully saturated rings. The number of nitrogens with zero attached hydrogens (tertiary/aromatic N) is 2. The number of carbonyl (C=O) groups is 1. The van der Waals surface area contributed by atoms with Crippen LogP contribution in [0.1, 0.15) is 44.7 Å². The molecule has 2 amide bonds.